The Morgan fingerprint density at radius 3 is 2.58 bits per heavy atom. The number of carbonyl (C=O) groups excluding carboxylic acids is 1. The Bertz CT molecular complexity index is 831. The van der Waals surface area contributed by atoms with Crippen molar-refractivity contribution in [1.82, 2.24) is 10.3 Å². The minimum atomic E-state index is -0.244. The first-order chi connectivity index (χ1) is 11.6. The van der Waals surface area contributed by atoms with Gasteiger partial charge in [0.1, 0.15) is 5.76 Å². The van der Waals surface area contributed by atoms with Gasteiger partial charge in [-0.2, -0.15) is 0 Å². The van der Waals surface area contributed by atoms with Crippen LogP contribution in [0, 0.1) is 0 Å². The van der Waals surface area contributed by atoms with E-state index in [4.69, 9.17) is 27.6 Å². The quantitative estimate of drug-likeness (QED) is 0.693. The molecule has 0 saturated heterocycles. The summed E-state index contributed by atoms with van der Waals surface area (Å²) in [7, 11) is 0. The van der Waals surface area contributed by atoms with Gasteiger partial charge in [-0.15, -0.1) is 0 Å². The van der Waals surface area contributed by atoms with Crippen LogP contribution in [0.25, 0.3) is 0 Å². The molecule has 3 aromatic rings. The van der Waals surface area contributed by atoms with E-state index in [1.54, 1.807) is 48.9 Å². The van der Waals surface area contributed by atoms with E-state index in [-0.39, 0.29) is 5.91 Å². The van der Waals surface area contributed by atoms with Gasteiger partial charge in [-0.25, -0.2) is 0 Å². The Kier molecular flexibility index (Phi) is 5.03. The second-order valence-electron chi connectivity index (χ2n) is 5.01. The molecule has 0 radical (unpaired) electrons. The zero-order valence-corrected chi connectivity index (χ0v) is 13.9. The number of amides is 1. The first kappa shape index (κ1) is 16.4. The van der Waals surface area contributed by atoms with E-state index in [1.165, 1.54) is 6.20 Å². The summed E-state index contributed by atoms with van der Waals surface area (Å²) in [6, 6.07) is 10.4. The van der Waals surface area contributed by atoms with Crippen molar-refractivity contribution in [3.05, 3.63) is 76.4 Å². The molecule has 2 N–H and O–H groups in total. The molecule has 1 amide bonds. The van der Waals surface area contributed by atoms with Crippen LogP contribution in [0.3, 0.4) is 0 Å². The highest BCUT2D eigenvalue weighted by Gasteiger charge is 2.08. The molecule has 0 fully saturated rings. The van der Waals surface area contributed by atoms with Crippen molar-refractivity contribution >= 4 is 40.5 Å². The van der Waals surface area contributed by atoms with Gasteiger partial charge in [0.15, 0.2) is 0 Å². The highest BCUT2D eigenvalue weighted by molar-refractivity contribution is 6.35. The molecule has 0 unspecified atom stereocenters. The normalized spacial score (nSPS) is 10.4. The van der Waals surface area contributed by atoms with Crippen LogP contribution in [0.5, 0.6) is 0 Å². The van der Waals surface area contributed by atoms with Gasteiger partial charge in [-0.3, -0.25) is 9.78 Å². The van der Waals surface area contributed by atoms with Gasteiger partial charge < -0.3 is 15.1 Å². The summed E-state index contributed by atoms with van der Waals surface area (Å²) in [5.41, 5.74) is 1.79. The van der Waals surface area contributed by atoms with Gasteiger partial charge in [0, 0.05) is 21.9 Å². The van der Waals surface area contributed by atoms with Gasteiger partial charge >= 0.3 is 0 Å². The Morgan fingerprint density at radius 2 is 1.88 bits per heavy atom. The van der Waals surface area contributed by atoms with Crippen LogP contribution >= 0.6 is 23.2 Å². The maximum atomic E-state index is 12.2. The summed E-state index contributed by atoms with van der Waals surface area (Å²) in [5.74, 6) is 0.436. The highest BCUT2D eigenvalue weighted by atomic mass is 35.5. The predicted molar refractivity (Wildman–Crippen MR) is 93.9 cm³/mol. The number of aromatic nitrogens is 1. The SMILES string of the molecule is O=C(NCc1ccco1)c1cncc(Nc2cc(Cl)cc(Cl)c2)c1. The zero-order chi connectivity index (χ0) is 16.9. The van der Waals surface area contributed by atoms with Crippen molar-refractivity contribution in [2.45, 2.75) is 6.54 Å². The fourth-order valence-electron chi connectivity index (χ4n) is 2.11. The van der Waals surface area contributed by atoms with Crippen LogP contribution in [0.15, 0.2) is 59.5 Å². The molecule has 3 rings (SSSR count). The standard InChI is InChI=1S/C17H13Cl2N3O2/c18-12-5-13(19)7-14(6-12)22-15-4-11(8-20-9-15)17(23)21-10-16-2-1-3-24-16/h1-9,22H,10H2,(H,21,23). The number of hydrogen-bond acceptors (Lipinski definition) is 4. The smallest absolute Gasteiger partial charge is 0.253 e. The third kappa shape index (κ3) is 4.28. The van der Waals surface area contributed by atoms with Gasteiger partial charge in [0.2, 0.25) is 0 Å². The van der Waals surface area contributed by atoms with E-state index in [0.29, 0.717) is 39.3 Å². The number of nitrogens with zero attached hydrogens (tertiary/aromatic N) is 1. The van der Waals surface area contributed by atoms with Gasteiger partial charge in [0.05, 0.1) is 30.3 Å². The number of anilines is 2. The van der Waals surface area contributed by atoms with Gasteiger partial charge in [-0.1, -0.05) is 23.2 Å². The number of halogens is 2. The molecule has 122 valence electrons. The molecule has 2 aromatic heterocycles. The minimum absolute atomic E-state index is 0.244. The Balaban J connectivity index is 1.70. The summed E-state index contributed by atoms with van der Waals surface area (Å²) >= 11 is 12.0. The maximum Gasteiger partial charge on any atom is 0.253 e. The maximum absolute atomic E-state index is 12.2. The molecule has 1 aromatic carbocycles. The number of nitrogens with one attached hydrogen (secondary N) is 2. The molecule has 0 aliphatic carbocycles. The average molecular weight is 362 g/mol. The van der Waals surface area contributed by atoms with E-state index in [0.717, 1.165) is 0 Å². The molecule has 2 heterocycles. The molecule has 7 heteroatoms. The third-order valence-electron chi connectivity index (χ3n) is 3.15. The molecular weight excluding hydrogens is 349 g/mol. The molecule has 0 spiro atoms. The zero-order valence-electron chi connectivity index (χ0n) is 12.4. The van der Waals surface area contributed by atoms with Crippen LogP contribution in [0.1, 0.15) is 16.1 Å². The van der Waals surface area contributed by atoms with Crippen LogP contribution in [-0.4, -0.2) is 10.9 Å². The summed E-state index contributed by atoms with van der Waals surface area (Å²) in [5, 5.41) is 6.93. The van der Waals surface area contributed by atoms with E-state index >= 15 is 0 Å². The Labute approximate surface area is 148 Å². The molecule has 0 aliphatic heterocycles. The fraction of sp³-hybridized carbons (Fsp3) is 0.0588. The third-order valence-corrected chi connectivity index (χ3v) is 3.59. The topological polar surface area (TPSA) is 67.2 Å². The second kappa shape index (κ2) is 7.38. The highest BCUT2D eigenvalue weighted by Crippen LogP contribution is 2.25. The molecule has 0 bridgehead atoms. The minimum Gasteiger partial charge on any atom is -0.467 e. The molecule has 0 atom stereocenters. The van der Waals surface area contributed by atoms with E-state index in [9.17, 15) is 4.79 Å². The van der Waals surface area contributed by atoms with Crippen molar-refractivity contribution in [1.29, 1.82) is 0 Å². The molecular formula is C17H13Cl2N3O2. The number of rotatable bonds is 5. The lowest BCUT2D eigenvalue weighted by Crippen LogP contribution is -2.22. The van der Waals surface area contributed by atoms with Crippen LogP contribution in [0.2, 0.25) is 10.0 Å². The largest absolute Gasteiger partial charge is 0.467 e. The molecule has 0 saturated carbocycles. The number of carbonyl (C=O) groups is 1. The lowest BCUT2D eigenvalue weighted by atomic mass is 10.2. The Hall–Kier alpha value is -2.50. The number of pyridine rings is 1. The summed E-state index contributed by atoms with van der Waals surface area (Å²) < 4.78 is 5.18. The van der Waals surface area contributed by atoms with Crippen LogP contribution in [-0.2, 0) is 6.54 Å². The van der Waals surface area contributed by atoms with Crippen LogP contribution in [0.4, 0.5) is 11.4 Å². The van der Waals surface area contributed by atoms with Crippen LogP contribution < -0.4 is 10.6 Å². The summed E-state index contributed by atoms with van der Waals surface area (Å²) in [6.07, 6.45) is 4.66. The number of hydrogen-bond donors (Lipinski definition) is 2. The number of furan rings is 1. The van der Waals surface area contributed by atoms with Crippen molar-refractivity contribution in [2.24, 2.45) is 0 Å². The first-order valence-corrected chi connectivity index (χ1v) is 7.84. The van der Waals surface area contributed by atoms with E-state index < -0.39 is 0 Å². The van der Waals surface area contributed by atoms with E-state index in [2.05, 4.69) is 15.6 Å². The molecule has 0 aliphatic rings. The average Bonchev–Trinajstić information content (AvgIpc) is 3.05. The predicted octanol–water partition coefficient (Wildman–Crippen LogP) is 4.66. The lowest BCUT2D eigenvalue weighted by Gasteiger charge is -2.09. The molecule has 24 heavy (non-hydrogen) atoms. The van der Waals surface area contributed by atoms with Gasteiger partial charge in [0.25, 0.3) is 5.91 Å². The first-order valence-electron chi connectivity index (χ1n) is 7.09. The van der Waals surface area contributed by atoms with Crippen molar-refractivity contribution in [3.8, 4) is 0 Å². The van der Waals surface area contributed by atoms with Crippen molar-refractivity contribution in [2.75, 3.05) is 5.32 Å². The fourth-order valence-corrected chi connectivity index (χ4v) is 2.63. The summed E-state index contributed by atoms with van der Waals surface area (Å²) in [4.78, 5) is 16.3. The number of benzene rings is 1. The molecule has 5 nitrogen and oxygen atoms in total. The van der Waals surface area contributed by atoms with Crippen molar-refractivity contribution in [3.63, 3.8) is 0 Å². The van der Waals surface area contributed by atoms with Crippen molar-refractivity contribution < 1.29 is 9.21 Å². The second-order valence-corrected chi connectivity index (χ2v) is 5.88. The summed E-state index contributed by atoms with van der Waals surface area (Å²) in [6.45, 7) is 0.313. The monoisotopic (exact) mass is 361 g/mol. The van der Waals surface area contributed by atoms with E-state index in [1.807, 2.05) is 0 Å². The Morgan fingerprint density at radius 1 is 1.08 bits per heavy atom. The lowest BCUT2D eigenvalue weighted by molar-refractivity contribution is 0.0947. The van der Waals surface area contributed by atoms with Gasteiger partial charge in [-0.05, 0) is 36.4 Å².